The van der Waals surface area contributed by atoms with Crippen molar-refractivity contribution in [1.82, 2.24) is 10.2 Å². The molecule has 0 saturated carbocycles. The first-order valence-electron chi connectivity index (χ1n) is 15.1. The number of hydrogen-bond donors (Lipinski definition) is 1. The molecule has 0 saturated heterocycles. The number of amides is 2. The number of carbonyl (C=O) groups is 2. The number of aryl methyl sites for hydroxylation is 3. The maximum atomic E-state index is 14.6. The van der Waals surface area contributed by atoms with Crippen LogP contribution in [0.25, 0.3) is 0 Å². The Balaban J connectivity index is 1.83. The molecule has 0 bridgehead atoms. The van der Waals surface area contributed by atoms with Gasteiger partial charge < -0.3 is 10.2 Å². The summed E-state index contributed by atoms with van der Waals surface area (Å²) >= 11 is 0. The number of nitrogens with one attached hydrogen (secondary N) is 1. The van der Waals surface area contributed by atoms with Crippen LogP contribution in [0.2, 0.25) is 0 Å². The van der Waals surface area contributed by atoms with Crippen LogP contribution in [0.15, 0.2) is 108 Å². The highest BCUT2D eigenvalue weighted by Crippen LogP contribution is 2.28. The van der Waals surface area contributed by atoms with E-state index in [-0.39, 0.29) is 23.8 Å². The first-order chi connectivity index (χ1) is 21.2. The number of anilines is 1. The largest absolute Gasteiger partial charge is 0.350 e. The van der Waals surface area contributed by atoms with Crippen LogP contribution >= 0.6 is 0 Å². The Morgan fingerprint density at radius 1 is 0.756 bits per heavy atom. The fraction of sp³-hybridized carbons (Fsp3) is 0.297. The summed E-state index contributed by atoms with van der Waals surface area (Å²) in [5, 5.41) is 3.06. The zero-order valence-electron chi connectivity index (χ0n) is 26.9. The molecule has 1 atom stereocenters. The van der Waals surface area contributed by atoms with Gasteiger partial charge in [-0.1, -0.05) is 96.1 Å². The van der Waals surface area contributed by atoms with Gasteiger partial charge in [0.15, 0.2) is 0 Å². The molecule has 0 unspecified atom stereocenters. The van der Waals surface area contributed by atoms with Gasteiger partial charge in [0.2, 0.25) is 11.8 Å². The third-order valence-electron chi connectivity index (χ3n) is 7.48. The number of rotatable bonds is 11. The van der Waals surface area contributed by atoms with Gasteiger partial charge in [-0.05, 0) is 76.4 Å². The lowest BCUT2D eigenvalue weighted by Gasteiger charge is -2.35. The molecule has 1 N–H and O–H groups in total. The first kappa shape index (κ1) is 33.5. The second-order valence-electron chi connectivity index (χ2n) is 12.6. The SMILES string of the molecule is Cc1ccc(S(=O)(=O)N(CC(=O)N(Cc2cccc(C)c2)[C@@H](Cc2ccccc2)C(=O)NC(C)(C)C)c2ccccc2C)cc1. The predicted molar refractivity (Wildman–Crippen MR) is 180 cm³/mol. The quantitative estimate of drug-likeness (QED) is 0.210. The molecule has 0 radical (unpaired) electrons. The van der Waals surface area contributed by atoms with Crippen LogP contribution in [-0.2, 0) is 32.6 Å². The molecule has 0 spiro atoms. The van der Waals surface area contributed by atoms with Crippen LogP contribution in [-0.4, -0.2) is 43.3 Å². The van der Waals surface area contributed by atoms with Crippen molar-refractivity contribution >= 4 is 27.5 Å². The zero-order chi connectivity index (χ0) is 32.8. The molecule has 4 rings (SSSR count). The van der Waals surface area contributed by atoms with Gasteiger partial charge in [0.25, 0.3) is 10.0 Å². The van der Waals surface area contributed by atoms with Crippen molar-refractivity contribution in [1.29, 1.82) is 0 Å². The lowest BCUT2D eigenvalue weighted by atomic mass is 10.0. The lowest BCUT2D eigenvalue weighted by molar-refractivity contribution is -0.140. The fourth-order valence-electron chi connectivity index (χ4n) is 5.21. The minimum Gasteiger partial charge on any atom is -0.350 e. The Morgan fingerprint density at radius 2 is 1.38 bits per heavy atom. The third kappa shape index (κ3) is 8.82. The van der Waals surface area contributed by atoms with E-state index in [1.807, 2.05) is 108 Å². The Morgan fingerprint density at radius 3 is 2.00 bits per heavy atom. The molecule has 4 aromatic rings. The highest BCUT2D eigenvalue weighted by molar-refractivity contribution is 7.92. The van der Waals surface area contributed by atoms with Crippen molar-refractivity contribution < 1.29 is 18.0 Å². The second kappa shape index (κ2) is 14.1. The summed E-state index contributed by atoms with van der Waals surface area (Å²) < 4.78 is 29.6. The van der Waals surface area contributed by atoms with E-state index < -0.39 is 34.1 Å². The molecular formula is C37H43N3O4S. The molecule has 0 aliphatic carbocycles. The molecule has 0 aromatic heterocycles. The number of para-hydroxylation sites is 1. The average Bonchev–Trinajstić information content (AvgIpc) is 2.98. The number of sulfonamides is 1. The Labute approximate surface area is 268 Å². The lowest BCUT2D eigenvalue weighted by Crippen LogP contribution is -2.56. The topological polar surface area (TPSA) is 86.8 Å². The van der Waals surface area contributed by atoms with Crippen LogP contribution in [0.3, 0.4) is 0 Å². The van der Waals surface area contributed by atoms with Crippen LogP contribution in [0.5, 0.6) is 0 Å². The van der Waals surface area contributed by atoms with E-state index in [4.69, 9.17) is 0 Å². The van der Waals surface area contributed by atoms with Crippen LogP contribution in [0.1, 0.15) is 48.6 Å². The smallest absolute Gasteiger partial charge is 0.264 e. The summed E-state index contributed by atoms with van der Waals surface area (Å²) in [6.07, 6.45) is 0.259. The number of nitrogens with zero attached hydrogens (tertiary/aromatic N) is 2. The van der Waals surface area contributed by atoms with Gasteiger partial charge in [0.1, 0.15) is 12.6 Å². The van der Waals surface area contributed by atoms with Gasteiger partial charge in [-0.2, -0.15) is 0 Å². The maximum Gasteiger partial charge on any atom is 0.264 e. The minimum atomic E-state index is -4.15. The van der Waals surface area contributed by atoms with Crippen molar-refractivity contribution in [3.63, 3.8) is 0 Å². The zero-order valence-corrected chi connectivity index (χ0v) is 27.8. The molecule has 8 heteroatoms. The van der Waals surface area contributed by atoms with E-state index in [1.54, 1.807) is 36.4 Å². The highest BCUT2D eigenvalue weighted by Gasteiger charge is 2.36. The molecule has 7 nitrogen and oxygen atoms in total. The van der Waals surface area contributed by atoms with Crippen LogP contribution in [0.4, 0.5) is 5.69 Å². The molecule has 4 aromatic carbocycles. The van der Waals surface area contributed by atoms with Crippen molar-refractivity contribution in [2.75, 3.05) is 10.8 Å². The number of benzene rings is 4. The summed E-state index contributed by atoms with van der Waals surface area (Å²) in [7, 11) is -4.15. The van der Waals surface area contributed by atoms with E-state index in [2.05, 4.69) is 5.32 Å². The molecule has 2 amide bonds. The standard InChI is InChI=1S/C37H43N3O4S/c1-27-19-21-32(22-20-27)45(43,44)40(33-18-11-10-14-29(33)3)26-35(41)39(25-31-17-12-13-28(2)23-31)34(36(42)38-37(4,5)6)24-30-15-8-7-9-16-30/h7-23,34H,24-26H2,1-6H3,(H,38,42)/t34-/m0/s1. The molecular weight excluding hydrogens is 582 g/mol. The normalized spacial score (nSPS) is 12.3. The minimum absolute atomic E-state index is 0.0840. The van der Waals surface area contributed by atoms with Gasteiger partial charge in [-0.15, -0.1) is 0 Å². The summed E-state index contributed by atoms with van der Waals surface area (Å²) in [5.74, 6) is -0.795. The Bertz CT molecular complexity index is 1730. The van der Waals surface area contributed by atoms with Gasteiger partial charge in [0, 0.05) is 18.5 Å². The van der Waals surface area contributed by atoms with Crippen molar-refractivity contribution in [3.8, 4) is 0 Å². The van der Waals surface area contributed by atoms with E-state index >= 15 is 0 Å². The summed E-state index contributed by atoms with van der Waals surface area (Å²) in [6, 6.07) is 30.1. The predicted octanol–water partition coefficient (Wildman–Crippen LogP) is 6.36. The molecule has 0 heterocycles. The maximum absolute atomic E-state index is 14.6. The monoisotopic (exact) mass is 625 g/mol. The third-order valence-corrected chi connectivity index (χ3v) is 9.25. The summed E-state index contributed by atoms with van der Waals surface area (Å²) in [6.45, 7) is 11.0. The van der Waals surface area contributed by atoms with Crippen LogP contribution < -0.4 is 9.62 Å². The van der Waals surface area contributed by atoms with Crippen molar-refractivity contribution in [3.05, 3.63) is 131 Å². The fourth-order valence-corrected chi connectivity index (χ4v) is 6.69. The average molecular weight is 626 g/mol. The van der Waals surface area contributed by atoms with Gasteiger partial charge in [-0.3, -0.25) is 13.9 Å². The van der Waals surface area contributed by atoms with Crippen molar-refractivity contribution in [2.24, 2.45) is 0 Å². The van der Waals surface area contributed by atoms with E-state index in [0.29, 0.717) is 11.3 Å². The number of hydrogen-bond acceptors (Lipinski definition) is 4. The van der Waals surface area contributed by atoms with E-state index in [0.717, 1.165) is 22.3 Å². The molecule has 0 aliphatic rings. The molecule has 0 fully saturated rings. The van der Waals surface area contributed by atoms with Gasteiger partial charge >= 0.3 is 0 Å². The highest BCUT2D eigenvalue weighted by atomic mass is 32.2. The van der Waals surface area contributed by atoms with Crippen LogP contribution in [0, 0.1) is 20.8 Å². The van der Waals surface area contributed by atoms with E-state index in [9.17, 15) is 18.0 Å². The molecule has 236 valence electrons. The number of carbonyl (C=O) groups excluding carboxylic acids is 2. The van der Waals surface area contributed by atoms with E-state index in [1.165, 1.54) is 9.21 Å². The van der Waals surface area contributed by atoms with Gasteiger partial charge in [0.05, 0.1) is 10.6 Å². The molecule has 0 aliphatic heterocycles. The van der Waals surface area contributed by atoms with Gasteiger partial charge in [-0.25, -0.2) is 8.42 Å². The van der Waals surface area contributed by atoms with Crippen molar-refractivity contribution in [2.45, 2.75) is 71.0 Å². The summed E-state index contributed by atoms with van der Waals surface area (Å²) in [5.41, 5.74) is 4.22. The Kier molecular flexibility index (Phi) is 10.5. The second-order valence-corrected chi connectivity index (χ2v) is 14.4. The Hall–Kier alpha value is -4.43. The first-order valence-corrected chi connectivity index (χ1v) is 16.5. The summed E-state index contributed by atoms with van der Waals surface area (Å²) in [4.78, 5) is 30.2. The molecule has 45 heavy (non-hydrogen) atoms.